The Kier molecular flexibility index (Phi) is 5.50. The molecule has 0 aliphatic heterocycles. The smallest absolute Gasteiger partial charge is 0.171 e. The molecule has 1 heterocycles. The summed E-state index contributed by atoms with van der Waals surface area (Å²) < 4.78 is 10.8. The van der Waals surface area contributed by atoms with Gasteiger partial charge in [0, 0.05) is 25.8 Å². The van der Waals surface area contributed by atoms with Crippen molar-refractivity contribution in [2.45, 2.75) is 46.5 Å². The predicted octanol–water partition coefficient (Wildman–Crippen LogP) is 4.30. The van der Waals surface area contributed by atoms with Crippen LogP contribution in [0.25, 0.3) is 0 Å². The molecule has 0 aromatic carbocycles. The summed E-state index contributed by atoms with van der Waals surface area (Å²) in [6.45, 7) is 8.25. The van der Waals surface area contributed by atoms with Crippen LogP contribution in [0.1, 0.15) is 44.9 Å². The zero-order chi connectivity index (χ0) is 15.5. The van der Waals surface area contributed by atoms with E-state index in [0.29, 0.717) is 35.4 Å². The summed E-state index contributed by atoms with van der Waals surface area (Å²) in [4.78, 5) is 4.54. The van der Waals surface area contributed by atoms with E-state index in [1.807, 2.05) is 0 Å². The summed E-state index contributed by atoms with van der Waals surface area (Å²) in [6, 6.07) is 2.09. The van der Waals surface area contributed by atoms with Crippen LogP contribution in [0.15, 0.2) is 6.07 Å². The van der Waals surface area contributed by atoms with Gasteiger partial charge in [0.2, 0.25) is 0 Å². The van der Waals surface area contributed by atoms with Crippen molar-refractivity contribution in [2.24, 2.45) is 11.3 Å². The number of halogens is 1. The third-order valence-electron chi connectivity index (χ3n) is 4.28. The van der Waals surface area contributed by atoms with Gasteiger partial charge < -0.3 is 9.47 Å². The first-order valence-corrected chi connectivity index (χ1v) is 8.09. The monoisotopic (exact) mass is 311 g/mol. The van der Waals surface area contributed by atoms with Gasteiger partial charge in [-0.05, 0) is 42.2 Å². The van der Waals surface area contributed by atoms with E-state index in [2.05, 4.69) is 31.8 Å². The van der Waals surface area contributed by atoms with E-state index in [0.717, 1.165) is 25.0 Å². The molecule has 118 valence electrons. The lowest BCUT2D eigenvalue weighted by Crippen LogP contribution is -2.27. The summed E-state index contributed by atoms with van der Waals surface area (Å²) >= 11 is 6.23. The lowest BCUT2D eigenvalue weighted by molar-refractivity contribution is 0.172. The highest BCUT2D eigenvalue weighted by Gasteiger charge is 2.29. The average Bonchev–Trinajstić information content (AvgIpc) is 2.42. The van der Waals surface area contributed by atoms with Gasteiger partial charge in [0.15, 0.2) is 10.9 Å². The van der Waals surface area contributed by atoms with E-state index in [9.17, 15) is 0 Å². The van der Waals surface area contributed by atoms with Gasteiger partial charge >= 0.3 is 0 Å². The van der Waals surface area contributed by atoms with Crippen molar-refractivity contribution < 1.29 is 9.47 Å². The topological polar surface area (TPSA) is 31.4 Å². The highest BCUT2D eigenvalue weighted by atomic mass is 35.5. The van der Waals surface area contributed by atoms with Crippen molar-refractivity contribution in [3.8, 4) is 5.75 Å². The summed E-state index contributed by atoms with van der Waals surface area (Å²) in [7, 11) is 1.69. The van der Waals surface area contributed by atoms with Crippen molar-refractivity contribution >= 4 is 11.6 Å². The third kappa shape index (κ3) is 4.33. The average molecular weight is 312 g/mol. The molecule has 0 N–H and O–H groups in total. The second-order valence-electron chi connectivity index (χ2n) is 6.88. The Morgan fingerprint density at radius 3 is 2.76 bits per heavy atom. The second kappa shape index (κ2) is 6.97. The number of hydrogen-bond donors (Lipinski definition) is 0. The van der Waals surface area contributed by atoms with Crippen LogP contribution in [0, 0.1) is 11.3 Å². The maximum atomic E-state index is 6.23. The fourth-order valence-corrected chi connectivity index (χ4v) is 3.06. The van der Waals surface area contributed by atoms with Gasteiger partial charge in [0.05, 0.1) is 6.61 Å². The Hall–Kier alpha value is -0.800. The third-order valence-corrected chi connectivity index (χ3v) is 4.55. The fourth-order valence-electron chi connectivity index (χ4n) is 2.84. The molecule has 21 heavy (non-hydrogen) atoms. The molecule has 0 saturated carbocycles. The van der Waals surface area contributed by atoms with Crippen molar-refractivity contribution in [2.75, 3.05) is 20.3 Å². The first-order valence-electron chi connectivity index (χ1n) is 7.72. The van der Waals surface area contributed by atoms with Crippen LogP contribution in [-0.4, -0.2) is 25.3 Å². The van der Waals surface area contributed by atoms with Gasteiger partial charge in [-0.1, -0.05) is 32.4 Å². The minimum Gasteiger partial charge on any atom is -0.490 e. The largest absolute Gasteiger partial charge is 0.490 e. The van der Waals surface area contributed by atoms with E-state index >= 15 is 0 Å². The Labute approximate surface area is 133 Å². The normalized spacial score (nSPS) is 18.4. The quantitative estimate of drug-likeness (QED) is 0.600. The molecule has 0 bridgehead atoms. The Morgan fingerprint density at radius 2 is 2.10 bits per heavy atom. The van der Waals surface area contributed by atoms with Crippen molar-refractivity contribution in [1.29, 1.82) is 0 Å². The molecule has 0 saturated heterocycles. The summed E-state index contributed by atoms with van der Waals surface area (Å²) in [5.41, 5.74) is 2.77. The first-order chi connectivity index (χ1) is 9.91. The lowest BCUT2D eigenvalue weighted by Gasteiger charge is -2.34. The number of hydrogen-bond acceptors (Lipinski definition) is 3. The molecule has 1 atom stereocenters. The van der Waals surface area contributed by atoms with Crippen LogP contribution < -0.4 is 4.74 Å². The molecule has 3 nitrogen and oxygen atoms in total. The molecule has 0 amide bonds. The van der Waals surface area contributed by atoms with E-state index in [1.54, 1.807) is 7.11 Å². The van der Waals surface area contributed by atoms with Gasteiger partial charge in [0.1, 0.15) is 0 Å². The van der Waals surface area contributed by atoms with Gasteiger partial charge in [-0.2, -0.15) is 0 Å². The van der Waals surface area contributed by atoms with Crippen LogP contribution in [0.5, 0.6) is 5.75 Å². The van der Waals surface area contributed by atoms with Crippen LogP contribution in [0.4, 0.5) is 0 Å². The zero-order valence-corrected chi connectivity index (χ0v) is 14.3. The molecule has 0 radical (unpaired) electrons. The number of aryl methyl sites for hydroxylation is 1. The molecule has 1 unspecified atom stereocenters. The van der Waals surface area contributed by atoms with Gasteiger partial charge in [-0.3, -0.25) is 0 Å². The Morgan fingerprint density at radius 1 is 1.33 bits per heavy atom. The molecule has 4 heteroatoms. The highest BCUT2D eigenvalue weighted by Crippen LogP contribution is 2.38. The minimum absolute atomic E-state index is 0.330. The Bertz CT molecular complexity index is 482. The minimum atomic E-state index is 0.330. The van der Waals surface area contributed by atoms with Crippen LogP contribution >= 0.6 is 11.6 Å². The molecular weight excluding hydrogens is 286 g/mol. The molecule has 0 fully saturated rings. The SMILES string of the molecule is COCCCOc1cc2c(nc1Cl)CCC(C(C)(C)C)C2. The standard InChI is InChI=1S/C17H26ClNO2/c1-17(2,3)13-6-7-14-12(10-13)11-15(16(18)19-14)21-9-5-8-20-4/h11,13H,5-10H2,1-4H3. The Balaban J connectivity index is 2.09. The predicted molar refractivity (Wildman–Crippen MR) is 86.2 cm³/mol. The number of ether oxygens (including phenoxy) is 2. The van der Waals surface area contributed by atoms with Gasteiger partial charge in [0.25, 0.3) is 0 Å². The van der Waals surface area contributed by atoms with E-state index in [4.69, 9.17) is 21.1 Å². The van der Waals surface area contributed by atoms with Crippen molar-refractivity contribution in [3.63, 3.8) is 0 Å². The van der Waals surface area contributed by atoms with Crippen LogP contribution in [-0.2, 0) is 17.6 Å². The van der Waals surface area contributed by atoms with E-state index in [-0.39, 0.29) is 0 Å². The molecular formula is C17H26ClNO2. The molecule has 0 spiro atoms. The molecule has 2 rings (SSSR count). The summed E-state index contributed by atoms with van der Waals surface area (Å²) in [5.74, 6) is 1.40. The van der Waals surface area contributed by atoms with E-state index < -0.39 is 0 Å². The maximum Gasteiger partial charge on any atom is 0.171 e. The van der Waals surface area contributed by atoms with Gasteiger partial charge in [-0.15, -0.1) is 0 Å². The second-order valence-corrected chi connectivity index (χ2v) is 7.24. The number of fused-ring (bicyclic) bond motifs is 1. The number of nitrogens with zero attached hydrogens (tertiary/aromatic N) is 1. The van der Waals surface area contributed by atoms with Crippen molar-refractivity contribution in [3.05, 3.63) is 22.5 Å². The first kappa shape index (κ1) is 16.6. The number of rotatable bonds is 5. The van der Waals surface area contributed by atoms with Crippen molar-refractivity contribution in [1.82, 2.24) is 4.98 Å². The molecule has 1 aromatic rings. The molecule has 1 aliphatic rings. The van der Waals surface area contributed by atoms with Crippen LogP contribution in [0.2, 0.25) is 5.15 Å². The maximum absolute atomic E-state index is 6.23. The fraction of sp³-hybridized carbons (Fsp3) is 0.706. The lowest BCUT2D eigenvalue weighted by atomic mass is 9.71. The zero-order valence-electron chi connectivity index (χ0n) is 13.5. The highest BCUT2D eigenvalue weighted by molar-refractivity contribution is 6.30. The number of aromatic nitrogens is 1. The number of methoxy groups -OCH3 is 1. The summed E-state index contributed by atoms with van der Waals surface area (Å²) in [6.07, 6.45) is 4.13. The number of pyridine rings is 1. The molecule has 1 aromatic heterocycles. The summed E-state index contributed by atoms with van der Waals surface area (Å²) in [5, 5.41) is 0.486. The van der Waals surface area contributed by atoms with Crippen LogP contribution in [0.3, 0.4) is 0 Å². The van der Waals surface area contributed by atoms with Gasteiger partial charge in [-0.25, -0.2) is 4.98 Å². The van der Waals surface area contributed by atoms with E-state index in [1.165, 1.54) is 12.0 Å². The molecule has 1 aliphatic carbocycles.